The maximum Gasteiger partial charge on any atom is 0.416 e. The smallest absolute Gasteiger partial charge is 0.312 e. The number of halogens is 4. The van der Waals surface area contributed by atoms with E-state index in [1.165, 1.54) is 23.5 Å². The summed E-state index contributed by atoms with van der Waals surface area (Å²) in [7, 11) is 0. The molecule has 1 aromatic heterocycles. The van der Waals surface area contributed by atoms with E-state index in [9.17, 15) is 13.2 Å². The van der Waals surface area contributed by atoms with Gasteiger partial charge in [0.25, 0.3) is 0 Å². The lowest BCUT2D eigenvalue weighted by molar-refractivity contribution is -0.137. The van der Waals surface area contributed by atoms with Crippen molar-refractivity contribution in [2.45, 2.75) is 25.7 Å². The molecule has 8 heteroatoms. The van der Waals surface area contributed by atoms with Gasteiger partial charge >= 0.3 is 6.18 Å². The fraction of sp³-hybridized carbons (Fsp3) is 0.438. The van der Waals surface area contributed by atoms with Gasteiger partial charge in [0.15, 0.2) is 0 Å². The van der Waals surface area contributed by atoms with Crippen LogP contribution in [0.1, 0.15) is 18.2 Å². The molecule has 1 fully saturated rings. The highest BCUT2D eigenvalue weighted by Crippen LogP contribution is 2.31. The van der Waals surface area contributed by atoms with Gasteiger partial charge in [0, 0.05) is 43.2 Å². The van der Waals surface area contributed by atoms with E-state index in [-0.39, 0.29) is 12.4 Å². The quantitative estimate of drug-likeness (QED) is 0.874. The van der Waals surface area contributed by atoms with Crippen molar-refractivity contribution in [3.05, 3.63) is 40.9 Å². The largest absolute Gasteiger partial charge is 0.416 e. The molecule has 1 aromatic carbocycles. The van der Waals surface area contributed by atoms with Crippen molar-refractivity contribution < 1.29 is 13.2 Å². The molecule has 0 saturated carbocycles. The van der Waals surface area contributed by atoms with Crippen LogP contribution in [0.5, 0.6) is 0 Å². The highest BCUT2D eigenvalue weighted by molar-refractivity contribution is 7.13. The van der Waals surface area contributed by atoms with Gasteiger partial charge < -0.3 is 5.32 Å². The second-order valence-electron chi connectivity index (χ2n) is 5.81. The number of thiazole rings is 1. The summed E-state index contributed by atoms with van der Waals surface area (Å²) in [5.41, 5.74) is 1.06. The van der Waals surface area contributed by atoms with Gasteiger partial charge in [0.2, 0.25) is 0 Å². The Kier molecular flexibility index (Phi) is 6.25. The standard InChI is InChI=1S/C16H18F3N3S.ClH/c1-11-8-22(7-6-20-11)9-14-10-23-15(21-14)12-2-4-13(5-3-12)16(17,18)19;/h2-5,10-11,20H,6-9H2,1H3;1H/t11-;/m1./s1. The van der Waals surface area contributed by atoms with Crippen LogP contribution in [0.2, 0.25) is 0 Å². The Morgan fingerprint density at radius 1 is 1.29 bits per heavy atom. The molecule has 1 saturated heterocycles. The monoisotopic (exact) mass is 377 g/mol. The fourth-order valence-corrected chi connectivity index (χ4v) is 3.52. The lowest BCUT2D eigenvalue weighted by Gasteiger charge is -2.31. The summed E-state index contributed by atoms with van der Waals surface area (Å²) in [6, 6.07) is 5.65. The molecule has 1 atom stereocenters. The van der Waals surface area contributed by atoms with E-state index in [2.05, 4.69) is 22.1 Å². The Hall–Kier alpha value is -1.15. The van der Waals surface area contributed by atoms with Crippen LogP contribution in [0.4, 0.5) is 13.2 Å². The number of piperazine rings is 1. The zero-order chi connectivity index (χ0) is 16.4. The zero-order valence-corrected chi connectivity index (χ0v) is 14.8. The average molecular weight is 378 g/mol. The van der Waals surface area contributed by atoms with Crippen molar-refractivity contribution in [1.29, 1.82) is 0 Å². The molecule has 0 bridgehead atoms. The highest BCUT2D eigenvalue weighted by atomic mass is 35.5. The van der Waals surface area contributed by atoms with Crippen LogP contribution in [-0.2, 0) is 12.7 Å². The first kappa shape index (κ1) is 19.2. The van der Waals surface area contributed by atoms with E-state index in [1.807, 2.05) is 5.38 Å². The third-order valence-electron chi connectivity index (χ3n) is 3.85. The summed E-state index contributed by atoms with van der Waals surface area (Å²) in [5.74, 6) is 0. The van der Waals surface area contributed by atoms with E-state index < -0.39 is 11.7 Å². The van der Waals surface area contributed by atoms with E-state index in [0.29, 0.717) is 6.04 Å². The predicted molar refractivity (Wildman–Crippen MR) is 92.5 cm³/mol. The van der Waals surface area contributed by atoms with Gasteiger partial charge in [-0.05, 0) is 19.1 Å². The van der Waals surface area contributed by atoms with Crippen LogP contribution >= 0.6 is 23.7 Å². The molecular formula is C16H19ClF3N3S. The number of nitrogens with zero attached hydrogens (tertiary/aromatic N) is 2. The van der Waals surface area contributed by atoms with Crippen LogP contribution < -0.4 is 5.32 Å². The van der Waals surface area contributed by atoms with Crippen molar-refractivity contribution in [3.8, 4) is 10.6 Å². The normalized spacial score (nSPS) is 19.1. The van der Waals surface area contributed by atoms with Gasteiger partial charge in [-0.15, -0.1) is 23.7 Å². The summed E-state index contributed by atoms with van der Waals surface area (Å²) in [6.07, 6.45) is -4.30. The lowest BCUT2D eigenvalue weighted by atomic mass is 10.1. The number of alkyl halides is 3. The summed E-state index contributed by atoms with van der Waals surface area (Å²) >= 11 is 1.47. The maximum absolute atomic E-state index is 12.6. The van der Waals surface area contributed by atoms with Gasteiger partial charge in [-0.2, -0.15) is 13.2 Å². The molecule has 1 aliphatic rings. The van der Waals surface area contributed by atoms with Crippen molar-refractivity contribution in [1.82, 2.24) is 15.2 Å². The van der Waals surface area contributed by atoms with Gasteiger partial charge in [-0.25, -0.2) is 4.98 Å². The van der Waals surface area contributed by atoms with E-state index in [4.69, 9.17) is 0 Å². The average Bonchev–Trinajstić information content (AvgIpc) is 2.95. The summed E-state index contributed by atoms with van der Waals surface area (Å²) in [5, 5.41) is 6.14. The number of aromatic nitrogens is 1. The second-order valence-corrected chi connectivity index (χ2v) is 6.67. The first-order chi connectivity index (χ1) is 10.9. The minimum atomic E-state index is -4.30. The number of nitrogens with one attached hydrogen (secondary N) is 1. The molecule has 3 nitrogen and oxygen atoms in total. The molecule has 2 heterocycles. The topological polar surface area (TPSA) is 28.2 Å². The molecule has 1 aliphatic heterocycles. The van der Waals surface area contributed by atoms with Crippen molar-refractivity contribution in [2.24, 2.45) is 0 Å². The van der Waals surface area contributed by atoms with E-state index >= 15 is 0 Å². The predicted octanol–water partition coefficient (Wildman–Crippen LogP) is 4.04. The van der Waals surface area contributed by atoms with Crippen molar-refractivity contribution in [3.63, 3.8) is 0 Å². The number of hydrogen-bond acceptors (Lipinski definition) is 4. The molecule has 3 rings (SSSR count). The first-order valence-electron chi connectivity index (χ1n) is 7.49. The van der Waals surface area contributed by atoms with Crippen LogP contribution in [0.25, 0.3) is 10.6 Å². The van der Waals surface area contributed by atoms with Gasteiger partial charge in [0.1, 0.15) is 5.01 Å². The molecule has 132 valence electrons. The maximum atomic E-state index is 12.6. The summed E-state index contributed by atoms with van der Waals surface area (Å²) < 4.78 is 37.8. The van der Waals surface area contributed by atoms with Gasteiger partial charge in [-0.1, -0.05) is 12.1 Å². The van der Waals surface area contributed by atoms with Crippen LogP contribution in [0.15, 0.2) is 29.6 Å². The molecule has 0 aliphatic carbocycles. The minimum absolute atomic E-state index is 0. The third-order valence-corrected chi connectivity index (χ3v) is 4.79. The molecule has 0 spiro atoms. The molecule has 2 aromatic rings. The first-order valence-corrected chi connectivity index (χ1v) is 8.37. The van der Waals surface area contributed by atoms with Gasteiger partial charge in [-0.3, -0.25) is 4.90 Å². The Morgan fingerprint density at radius 3 is 2.62 bits per heavy atom. The van der Waals surface area contributed by atoms with E-state index in [1.54, 1.807) is 0 Å². The summed E-state index contributed by atoms with van der Waals surface area (Å²) in [4.78, 5) is 6.91. The number of rotatable bonds is 3. The lowest BCUT2D eigenvalue weighted by Crippen LogP contribution is -2.48. The molecule has 0 unspecified atom stereocenters. The zero-order valence-electron chi connectivity index (χ0n) is 13.1. The van der Waals surface area contributed by atoms with Crippen LogP contribution in [-0.4, -0.2) is 35.6 Å². The molecular weight excluding hydrogens is 359 g/mol. The third kappa shape index (κ3) is 4.69. The Morgan fingerprint density at radius 2 is 2.00 bits per heavy atom. The van der Waals surface area contributed by atoms with Crippen molar-refractivity contribution >= 4 is 23.7 Å². The molecule has 0 radical (unpaired) electrons. The fourth-order valence-electron chi connectivity index (χ4n) is 2.70. The molecule has 1 N–H and O–H groups in total. The van der Waals surface area contributed by atoms with Crippen LogP contribution in [0.3, 0.4) is 0 Å². The SMILES string of the molecule is C[C@@H]1CN(Cc2csc(-c3ccc(C(F)(F)F)cc3)n2)CCN1.Cl. The Bertz CT molecular complexity index is 657. The summed E-state index contributed by atoms with van der Waals surface area (Å²) in [6.45, 7) is 5.87. The van der Waals surface area contributed by atoms with Gasteiger partial charge in [0.05, 0.1) is 11.3 Å². The van der Waals surface area contributed by atoms with Crippen molar-refractivity contribution in [2.75, 3.05) is 19.6 Å². The second kappa shape index (κ2) is 7.82. The number of hydrogen-bond donors (Lipinski definition) is 1. The number of benzene rings is 1. The Balaban J connectivity index is 0.00000208. The van der Waals surface area contributed by atoms with Crippen LogP contribution in [0, 0.1) is 0 Å². The Labute approximate surface area is 149 Å². The molecule has 24 heavy (non-hydrogen) atoms. The molecule has 0 amide bonds. The van der Waals surface area contributed by atoms with E-state index in [0.717, 1.165) is 54.6 Å². The highest BCUT2D eigenvalue weighted by Gasteiger charge is 2.30. The minimum Gasteiger partial charge on any atom is -0.312 e.